The molecule has 0 rings (SSSR count). The van der Waals surface area contributed by atoms with E-state index in [0.29, 0.717) is 13.0 Å². The summed E-state index contributed by atoms with van der Waals surface area (Å²) in [6.45, 7) is 2.28. The van der Waals surface area contributed by atoms with Crippen LogP contribution in [0.4, 0.5) is 0 Å². The fourth-order valence-electron chi connectivity index (χ4n) is 1.13. The van der Waals surface area contributed by atoms with Crippen LogP contribution in [0.15, 0.2) is 0 Å². The standard InChI is InChI=1S/C9H20N2O4S/c1-8(9(12)13)16(14,15)11(4)7-5-6-10(2)3/h8H,5-7H2,1-4H3,(H,12,13). The van der Waals surface area contributed by atoms with Gasteiger partial charge in [0.05, 0.1) is 0 Å². The average molecular weight is 252 g/mol. The van der Waals surface area contributed by atoms with Crippen molar-refractivity contribution >= 4 is 16.0 Å². The van der Waals surface area contributed by atoms with Gasteiger partial charge in [-0.3, -0.25) is 4.79 Å². The van der Waals surface area contributed by atoms with Crippen LogP contribution in [0, 0.1) is 0 Å². The lowest BCUT2D eigenvalue weighted by Crippen LogP contribution is -2.39. The van der Waals surface area contributed by atoms with Gasteiger partial charge in [-0.15, -0.1) is 0 Å². The number of sulfonamides is 1. The summed E-state index contributed by atoms with van der Waals surface area (Å²) >= 11 is 0. The van der Waals surface area contributed by atoms with Crippen LogP contribution >= 0.6 is 0 Å². The summed E-state index contributed by atoms with van der Waals surface area (Å²) in [5.74, 6) is -1.32. The van der Waals surface area contributed by atoms with Crippen molar-refractivity contribution in [2.24, 2.45) is 0 Å². The van der Waals surface area contributed by atoms with Crippen LogP contribution < -0.4 is 0 Å². The van der Waals surface area contributed by atoms with Crippen molar-refractivity contribution in [3.8, 4) is 0 Å². The van der Waals surface area contributed by atoms with Crippen LogP contribution in [0.2, 0.25) is 0 Å². The molecule has 6 nitrogen and oxygen atoms in total. The first-order chi connectivity index (χ1) is 7.19. The fraction of sp³-hybridized carbons (Fsp3) is 0.889. The van der Waals surface area contributed by atoms with Crippen molar-refractivity contribution in [2.75, 3.05) is 34.2 Å². The average Bonchev–Trinajstić information content (AvgIpc) is 2.15. The van der Waals surface area contributed by atoms with E-state index in [4.69, 9.17) is 5.11 Å². The smallest absolute Gasteiger partial charge is 0.323 e. The van der Waals surface area contributed by atoms with Crippen LogP contribution in [0.3, 0.4) is 0 Å². The van der Waals surface area contributed by atoms with E-state index in [0.717, 1.165) is 10.8 Å². The zero-order valence-corrected chi connectivity index (χ0v) is 11.0. The van der Waals surface area contributed by atoms with E-state index in [9.17, 15) is 13.2 Å². The molecule has 0 saturated carbocycles. The lowest BCUT2D eigenvalue weighted by atomic mass is 10.4. The summed E-state index contributed by atoms with van der Waals surface area (Å²) in [4.78, 5) is 12.6. The second-order valence-corrected chi connectivity index (χ2v) is 6.36. The van der Waals surface area contributed by atoms with Crippen LogP contribution in [0.5, 0.6) is 0 Å². The van der Waals surface area contributed by atoms with Crippen LogP contribution in [0.25, 0.3) is 0 Å². The Morgan fingerprint density at radius 2 is 1.75 bits per heavy atom. The molecule has 0 aromatic heterocycles. The molecule has 1 unspecified atom stereocenters. The van der Waals surface area contributed by atoms with E-state index in [1.54, 1.807) is 0 Å². The molecular weight excluding hydrogens is 232 g/mol. The predicted octanol–water partition coefficient (Wildman–Crippen LogP) is -0.327. The van der Waals surface area contributed by atoms with Gasteiger partial charge >= 0.3 is 5.97 Å². The normalized spacial score (nSPS) is 14.4. The van der Waals surface area contributed by atoms with Gasteiger partial charge in [-0.1, -0.05) is 0 Å². The molecule has 1 N–H and O–H groups in total. The number of nitrogens with zero attached hydrogens (tertiary/aromatic N) is 2. The third-order valence-corrected chi connectivity index (χ3v) is 4.45. The number of aliphatic carboxylic acids is 1. The molecule has 1 atom stereocenters. The number of hydrogen-bond acceptors (Lipinski definition) is 4. The van der Waals surface area contributed by atoms with Gasteiger partial charge in [0, 0.05) is 13.6 Å². The van der Waals surface area contributed by atoms with Crippen LogP contribution in [-0.2, 0) is 14.8 Å². The fourth-order valence-corrected chi connectivity index (χ4v) is 2.31. The molecule has 0 saturated heterocycles. The van der Waals surface area contributed by atoms with Crippen molar-refractivity contribution in [3.05, 3.63) is 0 Å². The molecule has 0 heterocycles. The van der Waals surface area contributed by atoms with Gasteiger partial charge < -0.3 is 10.0 Å². The quantitative estimate of drug-likeness (QED) is 0.671. The SMILES string of the molecule is CC(C(=O)O)S(=O)(=O)N(C)CCCN(C)C. The molecule has 96 valence electrons. The molecule has 0 aromatic rings. The highest BCUT2D eigenvalue weighted by molar-refractivity contribution is 7.90. The lowest BCUT2D eigenvalue weighted by Gasteiger charge is -2.20. The van der Waals surface area contributed by atoms with E-state index in [1.165, 1.54) is 14.0 Å². The maximum atomic E-state index is 11.7. The second-order valence-electron chi connectivity index (χ2n) is 4.00. The monoisotopic (exact) mass is 252 g/mol. The molecule has 0 aromatic carbocycles. The van der Waals surface area contributed by atoms with Gasteiger partial charge in [0.25, 0.3) is 0 Å². The summed E-state index contributed by atoms with van der Waals surface area (Å²) in [6, 6.07) is 0. The van der Waals surface area contributed by atoms with Gasteiger partial charge in [0.2, 0.25) is 10.0 Å². The Labute approximate surface area is 96.9 Å². The first-order valence-electron chi connectivity index (χ1n) is 5.02. The predicted molar refractivity (Wildman–Crippen MR) is 61.8 cm³/mol. The Kier molecular flexibility index (Phi) is 5.91. The van der Waals surface area contributed by atoms with Gasteiger partial charge in [-0.25, -0.2) is 12.7 Å². The van der Waals surface area contributed by atoms with Gasteiger partial charge in [-0.05, 0) is 34.0 Å². The summed E-state index contributed by atoms with van der Waals surface area (Å²) < 4.78 is 24.5. The zero-order valence-electron chi connectivity index (χ0n) is 10.2. The Hall–Kier alpha value is -0.660. The Balaban J connectivity index is 4.36. The third-order valence-electron chi connectivity index (χ3n) is 2.31. The highest BCUT2D eigenvalue weighted by atomic mass is 32.2. The topological polar surface area (TPSA) is 77.9 Å². The van der Waals surface area contributed by atoms with Crippen molar-refractivity contribution < 1.29 is 18.3 Å². The lowest BCUT2D eigenvalue weighted by molar-refractivity contribution is -0.136. The minimum Gasteiger partial charge on any atom is -0.480 e. The molecular formula is C9H20N2O4S. The number of hydrogen-bond donors (Lipinski definition) is 1. The third kappa shape index (κ3) is 4.46. The van der Waals surface area contributed by atoms with Crippen LogP contribution in [-0.4, -0.2) is 68.2 Å². The molecule has 0 aliphatic heterocycles. The molecule has 16 heavy (non-hydrogen) atoms. The van der Waals surface area contributed by atoms with E-state index in [1.807, 2.05) is 19.0 Å². The Morgan fingerprint density at radius 3 is 2.12 bits per heavy atom. The minimum absolute atomic E-state index is 0.331. The first kappa shape index (κ1) is 15.3. The largest absolute Gasteiger partial charge is 0.480 e. The summed E-state index contributed by atoms with van der Waals surface area (Å²) in [5.41, 5.74) is 0. The maximum absolute atomic E-state index is 11.7. The molecule has 0 amide bonds. The van der Waals surface area contributed by atoms with Gasteiger partial charge in [0.1, 0.15) is 0 Å². The number of carboxylic acid groups (broad SMARTS) is 1. The molecule has 0 aliphatic rings. The van der Waals surface area contributed by atoms with E-state index < -0.39 is 21.2 Å². The summed E-state index contributed by atoms with van der Waals surface area (Å²) in [6.07, 6.45) is 0.676. The maximum Gasteiger partial charge on any atom is 0.323 e. The molecule has 7 heteroatoms. The molecule has 0 fully saturated rings. The van der Waals surface area contributed by atoms with E-state index in [-0.39, 0.29) is 0 Å². The minimum atomic E-state index is -3.72. The van der Waals surface area contributed by atoms with Crippen molar-refractivity contribution in [1.82, 2.24) is 9.21 Å². The van der Waals surface area contributed by atoms with E-state index in [2.05, 4.69) is 0 Å². The summed E-state index contributed by atoms with van der Waals surface area (Å²) in [5, 5.41) is 7.27. The first-order valence-corrected chi connectivity index (χ1v) is 6.52. The van der Waals surface area contributed by atoms with Gasteiger partial charge in [0.15, 0.2) is 5.25 Å². The number of rotatable bonds is 7. The van der Waals surface area contributed by atoms with Crippen molar-refractivity contribution in [1.29, 1.82) is 0 Å². The van der Waals surface area contributed by atoms with Crippen LogP contribution in [0.1, 0.15) is 13.3 Å². The molecule has 0 aliphatic carbocycles. The summed E-state index contributed by atoms with van der Waals surface area (Å²) in [7, 11) is 1.48. The molecule has 0 radical (unpaired) electrons. The Bertz CT molecular complexity index is 326. The van der Waals surface area contributed by atoms with E-state index >= 15 is 0 Å². The second kappa shape index (κ2) is 6.17. The van der Waals surface area contributed by atoms with Crippen molar-refractivity contribution in [2.45, 2.75) is 18.6 Å². The zero-order chi connectivity index (χ0) is 12.9. The molecule has 0 bridgehead atoms. The Morgan fingerprint density at radius 1 is 1.25 bits per heavy atom. The number of carbonyl (C=O) groups is 1. The highest BCUT2D eigenvalue weighted by Gasteiger charge is 2.31. The highest BCUT2D eigenvalue weighted by Crippen LogP contribution is 2.07. The molecule has 0 spiro atoms. The van der Waals surface area contributed by atoms with Gasteiger partial charge in [-0.2, -0.15) is 0 Å². The number of carboxylic acids is 1. The van der Waals surface area contributed by atoms with Crippen molar-refractivity contribution in [3.63, 3.8) is 0 Å².